The summed E-state index contributed by atoms with van der Waals surface area (Å²) in [4.78, 5) is 0. The van der Waals surface area contributed by atoms with Crippen molar-refractivity contribution in [1.82, 2.24) is 0 Å². The van der Waals surface area contributed by atoms with E-state index < -0.39 is 0 Å². The maximum absolute atomic E-state index is 4.03. The number of unbranched alkanes of at least 4 members (excludes halogenated alkanes) is 1. The third-order valence-electron chi connectivity index (χ3n) is 1.15. The molecule has 0 aromatic heterocycles. The van der Waals surface area contributed by atoms with Crippen molar-refractivity contribution in [3.8, 4) is 0 Å². The second-order valence-corrected chi connectivity index (χ2v) is 2.34. The zero-order chi connectivity index (χ0) is 6.41. The highest BCUT2D eigenvalue weighted by Crippen LogP contribution is 2.05. The Balaban J connectivity index is 3.12. The van der Waals surface area contributed by atoms with Crippen molar-refractivity contribution in [2.45, 2.75) is 33.1 Å². The van der Waals surface area contributed by atoms with Crippen LogP contribution in [0.25, 0.3) is 0 Å². The summed E-state index contributed by atoms with van der Waals surface area (Å²) in [6.45, 7) is 4.31. The van der Waals surface area contributed by atoms with E-state index in [1.165, 1.54) is 24.8 Å². The molecule has 0 atom stereocenters. The predicted octanol–water partition coefficient (Wildman–Crippen LogP) is 3.01. The van der Waals surface area contributed by atoms with Gasteiger partial charge in [0, 0.05) is 0 Å². The fourth-order valence-electron chi connectivity index (χ4n) is 0.520. The normalized spacial score (nSPS) is 12.1. The van der Waals surface area contributed by atoms with Crippen molar-refractivity contribution in [3.05, 3.63) is 11.0 Å². The first-order chi connectivity index (χ1) is 3.81. The highest BCUT2D eigenvalue weighted by Gasteiger charge is 1.84. The van der Waals surface area contributed by atoms with Gasteiger partial charge in [-0.15, -0.1) is 0 Å². The molecule has 0 amide bonds. The van der Waals surface area contributed by atoms with Crippen molar-refractivity contribution >= 4 is 12.6 Å². The van der Waals surface area contributed by atoms with Gasteiger partial charge < -0.3 is 0 Å². The van der Waals surface area contributed by atoms with Crippen molar-refractivity contribution < 1.29 is 0 Å². The Hall–Kier alpha value is 0.0900. The van der Waals surface area contributed by atoms with Gasteiger partial charge in [-0.25, -0.2) is 0 Å². The molecule has 0 nitrogen and oxygen atoms in total. The Morgan fingerprint density at radius 2 is 2.25 bits per heavy atom. The van der Waals surface area contributed by atoms with Gasteiger partial charge in [0.15, 0.2) is 0 Å². The lowest BCUT2D eigenvalue weighted by Gasteiger charge is -1.94. The van der Waals surface area contributed by atoms with Crippen LogP contribution in [-0.2, 0) is 0 Å². The summed E-state index contributed by atoms with van der Waals surface area (Å²) in [7, 11) is 0. The third kappa shape index (κ3) is 4.25. The first-order valence-electron chi connectivity index (χ1n) is 3.11. The summed E-state index contributed by atoms with van der Waals surface area (Å²) in [5, 5.41) is 1.88. The third-order valence-corrected chi connectivity index (χ3v) is 1.59. The number of thiol groups is 1. The predicted molar refractivity (Wildman–Crippen MR) is 42.3 cm³/mol. The molecular weight excluding hydrogens is 116 g/mol. The molecule has 0 N–H and O–H groups in total. The summed E-state index contributed by atoms with van der Waals surface area (Å²) in [6.07, 6.45) is 3.78. The molecule has 1 heteroatoms. The molecular formula is C7H14S. The molecule has 0 bridgehead atoms. The number of allylic oxidation sites excluding steroid dienone is 1. The van der Waals surface area contributed by atoms with E-state index >= 15 is 0 Å². The summed E-state index contributed by atoms with van der Waals surface area (Å²) in [5.74, 6) is 0. The molecule has 0 spiro atoms. The quantitative estimate of drug-likeness (QED) is 0.558. The van der Waals surface area contributed by atoms with Gasteiger partial charge in [-0.1, -0.05) is 18.9 Å². The fraction of sp³-hybridized carbons (Fsp3) is 0.714. The van der Waals surface area contributed by atoms with E-state index in [-0.39, 0.29) is 0 Å². The largest absolute Gasteiger partial charge is 0.151 e. The molecule has 0 saturated carbocycles. The summed E-state index contributed by atoms with van der Waals surface area (Å²) in [6, 6.07) is 0. The first kappa shape index (κ1) is 8.09. The van der Waals surface area contributed by atoms with E-state index in [2.05, 4.69) is 26.5 Å². The maximum Gasteiger partial charge on any atom is -0.0315 e. The molecule has 0 aromatic carbocycles. The molecule has 8 heavy (non-hydrogen) atoms. The molecule has 0 unspecified atom stereocenters. The van der Waals surface area contributed by atoms with Crippen LogP contribution in [0.3, 0.4) is 0 Å². The average Bonchev–Trinajstić information content (AvgIpc) is 1.83. The van der Waals surface area contributed by atoms with Gasteiger partial charge in [-0.3, -0.25) is 0 Å². The van der Waals surface area contributed by atoms with E-state index in [9.17, 15) is 0 Å². The van der Waals surface area contributed by atoms with E-state index in [0.29, 0.717) is 0 Å². The average molecular weight is 130 g/mol. The van der Waals surface area contributed by atoms with Gasteiger partial charge in [-0.05, 0) is 25.2 Å². The Morgan fingerprint density at radius 3 is 2.62 bits per heavy atom. The lowest BCUT2D eigenvalue weighted by atomic mass is 10.2. The van der Waals surface area contributed by atoms with Crippen molar-refractivity contribution in [1.29, 1.82) is 0 Å². The van der Waals surface area contributed by atoms with E-state index in [1.54, 1.807) is 0 Å². The molecule has 0 fully saturated rings. The van der Waals surface area contributed by atoms with Gasteiger partial charge >= 0.3 is 0 Å². The summed E-state index contributed by atoms with van der Waals surface area (Å²) < 4.78 is 0. The van der Waals surface area contributed by atoms with Crippen molar-refractivity contribution in [3.63, 3.8) is 0 Å². The highest BCUT2D eigenvalue weighted by molar-refractivity contribution is 7.83. The molecule has 48 valence electrons. The molecule has 0 rings (SSSR count). The van der Waals surface area contributed by atoms with Gasteiger partial charge in [-0.2, -0.15) is 12.6 Å². The van der Waals surface area contributed by atoms with Gasteiger partial charge in [0.05, 0.1) is 0 Å². The van der Waals surface area contributed by atoms with Crippen LogP contribution in [0.15, 0.2) is 11.0 Å². The van der Waals surface area contributed by atoms with Crippen LogP contribution in [0.5, 0.6) is 0 Å². The fourth-order valence-corrected chi connectivity index (χ4v) is 0.649. The van der Waals surface area contributed by atoms with Gasteiger partial charge in [0.2, 0.25) is 0 Å². The molecule has 0 aliphatic rings. The Bertz CT molecular complexity index is 74.5. The van der Waals surface area contributed by atoms with Crippen LogP contribution in [0.1, 0.15) is 33.1 Å². The van der Waals surface area contributed by atoms with Crippen LogP contribution in [0.2, 0.25) is 0 Å². The lowest BCUT2D eigenvalue weighted by Crippen LogP contribution is -1.73. The maximum atomic E-state index is 4.03. The first-order valence-corrected chi connectivity index (χ1v) is 3.62. The second kappa shape index (κ2) is 5.23. The minimum atomic E-state index is 1.21. The standard InChI is InChI=1S/C7H14S/c1-3-4-5-7(2)6-8/h6,8H,3-5H2,1-2H3. The minimum absolute atomic E-state index is 1.21. The van der Waals surface area contributed by atoms with Crippen LogP contribution in [0.4, 0.5) is 0 Å². The van der Waals surface area contributed by atoms with Crippen molar-refractivity contribution in [2.75, 3.05) is 0 Å². The molecule has 0 aliphatic carbocycles. The molecule has 0 heterocycles. The Morgan fingerprint density at radius 1 is 1.62 bits per heavy atom. The zero-order valence-electron chi connectivity index (χ0n) is 5.65. The molecule has 0 aliphatic heterocycles. The van der Waals surface area contributed by atoms with Crippen LogP contribution in [0, 0.1) is 0 Å². The van der Waals surface area contributed by atoms with Gasteiger partial charge in [0.25, 0.3) is 0 Å². The van der Waals surface area contributed by atoms with Crippen LogP contribution >= 0.6 is 12.6 Å². The highest BCUT2D eigenvalue weighted by atomic mass is 32.1. The summed E-state index contributed by atoms with van der Waals surface area (Å²) >= 11 is 4.03. The van der Waals surface area contributed by atoms with Gasteiger partial charge in [0.1, 0.15) is 0 Å². The minimum Gasteiger partial charge on any atom is -0.151 e. The van der Waals surface area contributed by atoms with Crippen LogP contribution < -0.4 is 0 Å². The Kier molecular flexibility index (Phi) is 5.29. The molecule has 0 saturated heterocycles. The lowest BCUT2D eigenvalue weighted by molar-refractivity contribution is 0.789. The topological polar surface area (TPSA) is 0 Å². The van der Waals surface area contributed by atoms with Crippen LogP contribution in [-0.4, -0.2) is 0 Å². The second-order valence-electron chi connectivity index (χ2n) is 2.08. The monoisotopic (exact) mass is 130 g/mol. The van der Waals surface area contributed by atoms with Crippen molar-refractivity contribution in [2.24, 2.45) is 0 Å². The summed E-state index contributed by atoms with van der Waals surface area (Å²) in [5.41, 5.74) is 1.38. The Labute approximate surface area is 57.4 Å². The number of hydrogen-bond donors (Lipinski definition) is 1. The van der Waals surface area contributed by atoms with E-state index in [4.69, 9.17) is 0 Å². The zero-order valence-corrected chi connectivity index (χ0v) is 6.54. The van der Waals surface area contributed by atoms with E-state index in [0.717, 1.165) is 0 Å². The number of rotatable bonds is 3. The molecule has 0 aromatic rings. The van der Waals surface area contributed by atoms with E-state index in [1.807, 2.05) is 5.41 Å². The molecule has 0 radical (unpaired) electrons. The number of hydrogen-bond acceptors (Lipinski definition) is 1. The SMILES string of the molecule is CCCCC(C)=CS. The smallest absolute Gasteiger partial charge is 0.0315 e.